The van der Waals surface area contributed by atoms with E-state index in [1.54, 1.807) is 0 Å². The number of hydrogen-bond donors (Lipinski definition) is 2. The molecule has 1 aromatic rings. The fourth-order valence-electron chi connectivity index (χ4n) is 3.17. The summed E-state index contributed by atoms with van der Waals surface area (Å²) in [7, 11) is 3.74. The first-order valence-corrected chi connectivity index (χ1v) is 9.07. The van der Waals surface area contributed by atoms with Gasteiger partial charge < -0.3 is 25.4 Å². The highest BCUT2D eigenvalue weighted by atomic mass is 35.5. The number of nitrogens with zero attached hydrogens (tertiary/aromatic N) is 1. The summed E-state index contributed by atoms with van der Waals surface area (Å²) in [6, 6.07) is 4.40. The average molecular weight is 370 g/mol. The van der Waals surface area contributed by atoms with Crippen LogP contribution in [0.5, 0.6) is 11.5 Å². The molecule has 1 aliphatic rings. The second kappa shape index (κ2) is 9.85. The predicted molar refractivity (Wildman–Crippen MR) is 99.3 cm³/mol. The van der Waals surface area contributed by atoms with Crippen molar-refractivity contribution in [3.05, 3.63) is 22.7 Å². The van der Waals surface area contributed by atoms with Gasteiger partial charge in [-0.05, 0) is 37.6 Å². The lowest BCUT2D eigenvalue weighted by atomic mass is 10.2. The van der Waals surface area contributed by atoms with E-state index in [1.165, 1.54) is 32.8 Å². The molecule has 1 aromatic carbocycles. The highest BCUT2D eigenvalue weighted by molar-refractivity contribution is 6.32. The number of nitrogens with two attached hydrogens (primary N) is 1. The quantitative estimate of drug-likeness (QED) is 0.618. The molecule has 1 saturated carbocycles. The minimum Gasteiger partial charge on any atom is -0.493 e. The number of hydrogen-bond acceptors (Lipinski definition) is 5. The summed E-state index contributed by atoms with van der Waals surface area (Å²) in [5, 5.41) is 3.84. The first-order valence-electron chi connectivity index (χ1n) is 8.69. The monoisotopic (exact) mass is 369 g/mol. The summed E-state index contributed by atoms with van der Waals surface area (Å²) in [6.07, 6.45) is 5.34. The van der Waals surface area contributed by atoms with E-state index in [0.717, 1.165) is 24.7 Å². The Balaban J connectivity index is 1.84. The number of primary amides is 1. The molecule has 0 heterocycles. The fraction of sp³-hybridized carbons (Fsp3) is 0.611. The van der Waals surface area contributed by atoms with Crippen LogP contribution in [0.25, 0.3) is 0 Å². The van der Waals surface area contributed by atoms with Crippen molar-refractivity contribution >= 4 is 17.5 Å². The van der Waals surface area contributed by atoms with Crippen LogP contribution >= 0.6 is 11.6 Å². The Morgan fingerprint density at radius 2 is 2.12 bits per heavy atom. The van der Waals surface area contributed by atoms with Gasteiger partial charge in [0.05, 0.1) is 12.1 Å². The van der Waals surface area contributed by atoms with E-state index in [9.17, 15) is 4.79 Å². The van der Waals surface area contributed by atoms with E-state index in [-0.39, 0.29) is 6.61 Å². The fourth-order valence-corrected chi connectivity index (χ4v) is 3.46. The smallest absolute Gasteiger partial charge is 0.255 e. The van der Waals surface area contributed by atoms with Crippen LogP contribution in [0.3, 0.4) is 0 Å². The molecule has 2 rings (SSSR count). The zero-order valence-corrected chi connectivity index (χ0v) is 15.8. The largest absolute Gasteiger partial charge is 0.493 e. The van der Waals surface area contributed by atoms with E-state index < -0.39 is 5.91 Å². The molecule has 140 valence electrons. The van der Waals surface area contributed by atoms with E-state index in [0.29, 0.717) is 23.1 Å². The Hall–Kier alpha value is -1.50. The van der Waals surface area contributed by atoms with Crippen molar-refractivity contribution in [1.29, 1.82) is 0 Å². The topological polar surface area (TPSA) is 76.8 Å². The number of nitrogens with one attached hydrogen (secondary N) is 1. The SMILES string of the molecule is COc1cc(CNCCN(C)C2CCCC2)cc(Cl)c1OCC(N)=O. The van der Waals surface area contributed by atoms with Crippen LogP contribution in [0.1, 0.15) is 31.2 Å². The molecule has 25 heavy (non-hydrogen) atoms. The molecule has 0 aromatic heterocycles. The Morgan fingerprint density at radius 3 is 2.76 bits per heavy atom. The maximum atomic E-state index is 10.9. The molecule has 0 spiro atoms. The van der Waals surface area contributed by atoms with E-state index >= 15 is 0 Å². The van der Waals surface area contributed by atoms with Crippen LogP contribution in [0.4, 0.5) is 0 Å². The number of rotatable bonds is 10. The van der Waals surface area contributed by atoms with Gasteiger partial charge in [-0.1, -0.05) is 24.4 Å². The number of amides is 1. The van der Waals surface area contributed by atoms with Crippen molar-refractivity contribution in [3.63, 3.8) is 0 Å². The second-order valence-corrected chi connectivity index (χ2v) is 6.87. The number of carbonyl (C=O) groups is 1. The predicted octanol–water partition coefficient (Wildman–Crippen LogP) is 2.18. The molecule has 0 unspecified atom stereocenters. The molecular formula is C18H28ClN3O3. The lowest BCUT2D eigenvalue weighted by molar-refractivity contribution is -0.119. The maximum absolute atomic E-state index is 10.9. The highest BCUT2D eigenvalue weighted by Gasteiger charge is 2.18. The molecule has 1 amide bonds. The standard InChI is InChI=1S/C18H28ClN3O3/c1-22(14-5-3-4-6-14)8-7-21-11-13-9-15(19)18(16(10-13)24-2)25-12-17(20)23/h9-10,14,21H,3-8,11-12H2,1-2H3,(H2,20,23). The molecule has 0 saturated heterocycles. The molecule has 1 fully saturated rings. The van der Waals surface area contributed by atoms with Gasteiger partial charge in [0.1, 0.15) is 0 Å². The number of ether oxygens (including phenoxy) is 2. The number of carbonyl (C=O) groups excluding carboxylic acids is 1. The molecule has 1 aliphatic carbocycles. The van der Waals surface area contributed by atoms with Gasteiger partial charge in [-0.2, -0.15) is 0 Å². The normalized spacial score (nSPS) is 14.9. The van der Waals surface area contributed by atoms with Crippen molar-refractivity contribution in [3.8, 4) is 11.5 Å². The van der Waals surface area contributed by atoms with E-state index in [4.69, 9.17) is 26.8 Å². The molecule has 0 aliphatic heterocycles. The number of likely N-dealkylation sites (N-methyl/N-ethyl adjacent to an activating group) is 1. The summed E-state index contributed by atoms with van der Waals surface area (Å²) < 4.78 is 10.6. The molecule has 0 atom stereocenters. The van der Waals surface area contributed by atoms with Gasteiger partial charge in [-0.3, -0.25) is 4.79 Å². The van der Waals surface area contributed by atoms with Gasteiger partial charge in [0.2, 0.25) is 0 Å². The third-order valence-corrected chi connectivity index (χ3v) is 4.85. The van der Waals surface area contributed by atoms with Crippen LogP contribution in [0.15, 0.2) is 12.1 Å². The van der Waals surface area contributed by atoms with Crippen LogP contribution in [0.2, 0.25) is 5.02 Å². The van der Waals surface area contributed by atoms with Gasteiger partial charge in [0, 0.05) is 25.7 Å². The van der Waals surface area contributed by atoms with Crippen LogP contribution in [0, 0.1) is 0 Å². The lowest BCUT2D eigenvalue weighted by Crippen LogP contribution is -2.35. The summed E-state index contributed by atoms with van der Waals surface area (Å²) >= 11 is 6.25. The van der Waals surface area contributed by atoms with Crippen LogP contribution in [-0.2, 0) is 11.3 Å². The molecule has 6 nitrogen and oxygen atoms in total. The molecule has 3 N–H and O–H groups in total. The van der Waals surface area contributed by atoms with Gasteiger partial charge in [-0.25, -0.2) is 0 Å². The summed E-state index contributed by atoms with van der Waals surface area (Å²) in [5.41, 5.74) is 6.10. The average Bonchev–Trinajstić information content (AvgIpc) is 3.11. The minimum atomic E-state index is -0.560. The Bertz CT molecular complexity index is 577. The van der Waals surface area contributed by atoms with Gasteiger partial charge in [-0.15, -0.1) is 0 Å². The lowest BCUT2D eigenvalue weighted by Gasteiger charge is -2.24. The Morgan fingerprint density at radius 1 is 1.40 bits per heavy atom. The van der Waals surface area contributed by atoms with E-state index in [2.05, 4.69) is 17.3 Å². The maximum Gasteiger partial charge on any atom is 0.255 e. The summed E-state index contributed by atoms with van der Waals surface area (Å²) in [4.78, 5) is 13.3. The summed E-state index contributed by atoms with van der Waals surface area (Å²) in [6.45, 7) is 2.38. The van der Waals surface area contributed by atoms with Crippen molar-refractivity contribution in [1.82, 2.24) is 10.2 Å². The number of benzene rings is 1. The number of halogens is 1. The highest BCUT2D eigenvalue weighted by Crippen LogP contribution is 2.36. The third kappa shape index (κ3) is 6.06. The van der Waals surface area contributed by atoms with Crippen molar-refractivity contribution in [2.45, 2.75) is 38.3 Å². The van der Waals surface area contributed by atoms with Crippen molar-refractivity contribution in [2.24, 2.45) is 5.73 Å². The molecule has 7 heteroatoms. The van der Waals surface area contributed by atoms with Crippen molar-refractivity contribution < 1.29 is 14.3 Å². The Kier molecular flexibility index (Phi) is 7.81. The van der Waals surface area contributed by atoms with Crippen LogP contribution < -0.4 is 20.5 Å². The zero-order chi connectivity index (χ0) is 18.2. The van der Waals surface area contributed by atoms with Gasteiger partial charge in [0.25, 0.3) is 5.91 Å². The first-order chi connectivity index (χ1) is 12.0. The zero-order valence-electron chi connectivity index (χ0n) is 15.0. The first kappa shape index (κ1) is 19.8. The second-order valence-electron chi connectivity index (χ2n) is 6.46. The Labute approximate surface area is 154 Å². The summed E-state index contributed by atoms with van der Waals surface area (Å²) in [5.74, 6) is 0.275. The van der Waals surface area contributed by atoms with Gasteiger partial charge in [0.15, 0.2) is 18.1 Å². The minimum absolute atomic E-state index is 0.235. The molecular weight excluding hydrogens is 342 g/mol. The van der Waals surface area contributed by atoms with Crippen LogP contribution in [-0.4, -0.2) is 50.7 Å². The number of methoxy groups -OCH3 is 1. The van der Waals surface area contributed by atoms with Crippen molar-refractivity contribution in [2.75, 3.05) is 33.9 Å². The van der Waals surface area contributed by atoms with E-state index in [1.807, 2.05) is 12.1 Å². The molecule has 0 radical (unpaired) electrons. The third-order valence-electron chi connectivity index (χ3n) is 4.57. The van der Waals surface area contributed by atoms with Gasteiger partial charge >= 0.3 is 0 Å². The molecule has 0 bridgehead atoms.